The van der Waals surface area contributed by atoms with Gasteiger partial charge in [0.15, 0.2) is 0 Å². The average molecular weight is 272 g/mol. The highest BCUT2D eigenvalue weighted by Gasteiger charge is 2.22. The summed E-state index contributed by atoms with van der Waals surface area (Å²) in [5, 5.41) is 0. The van der Waals surface area contributed by atoms with Crippen molar-refractivity contribution in [1.82, 2.24) is 19.2 Å². The van der Waals surface area contributed by atoms with Gasteiger partial charge in [0.2, 0.25) is 0 Å². The Morgan fingerprint density at radius 1 is 1.25 bits per heavy atom. The lowest BCUT2D eigenvalue weighted by molar-refractivity contribution is 0.0755. The Kier molecular flexibility index (Phi) is 3.69. The van der Waals surface area contributed by atoms with Crippen molar-refractivity contribution in [3.05, 3.63) is 36.3 Å². The fourth-order valence-corrected chi connectivity index (χ4v) is 2.74. The van der Waals surface area contributed by atoms with Crippen molar-refractivity contribution in [3.63, 3.8) is 0 Å². The van der Waals surface area contributed by atoms with E-state index in [0.717, 1.165) is 44.8 Å². The van der Waals surface area contributed by atoms with E-state index in [4.69, 9.17) is 0 Å². The summed E-state index contributed by atoms with van der Waals surface area (Å²) in [7, 11) is 0. The second kappa shape index (κ2) is 5.63. The van der Waals surface area contributed by atoms with Crippen LogP contribution < -0.4 is 0 Å². The highest BCUT2D eigenvalue weighted by molar-refractivity contribution is 5.93. The van der Waals surface area contributed by atoms with Crippen LogP contribution in [-0.2, 0) is 0 Å². The van der Waals surface area contributed by atoms with E-state index < -0.39 is 0 Å². The molecule has 0 unspecified atom stereocenters. The van der Waals surface area contributed by atoms with Gasteiger partial charge in [-0.05, 0) is 31.6 Å². The standard InChI is InChI=1S/C15H20N4O/c1-2-17-7-5-8-18(11-10-17)15(20)13-12-16-14-6-3-4-9-19(13)14/h3-4,6,9,12H,2,5,7-8,10-11H2,1H3. The summed E-state index contributed by atoms with van der Waals surface area (Å²) in [5.74, 6) is 0.0849. The molecule has 0 bridgehead atoms. The Balaban J connectivity index is 1.81. The number of pyridine rings is 1. The van der Waals surface area contributed by atoms with Gasteiger partial charge in [-0.15, -0.1) is 0 Å². The number of hydrogen-bond donors (Lipinski definition) is 0. The molecule has 0 saturated carbocycles. The molecule has 2 aromatic rings. The number of likely N-dealkylation sites (N-methyl/N-ethyl adjacent to an activating group) is 1. The minimum atomic E-state index is 0.0849. The van der Waals surface area contributed by atoms with Crippen LogP contribution in [0, 0.1) is 0 Å². The number of rotatable bonds is 2. The minimum Gasteiger partial charge on any atom is -0.336 e. The lowest BCUT2D eigenvalue weighted by Gasteiger charge is -2.20. The van der Waals surface area contributed by atoms with E-state index in [1.165, 1.54) is 0 Å². The van der Waals surface area contributed by atoms with Crippen molar-refractivity contribution in [3.8, 4) is 0 Å². The van der Waals surface area contributed by atoms with E-state index in [2.05, 4.69) is 16.8 Å². The maximum absolute atomic E-state index is 12.7. The Morgan fingerprint density at radius 2 is 2.15 bits per heavy atom. The molecule has 0 N–H and O–H groups in total. The molecule has 1 saturated heterocycles. The number of hydrogen-bond acceptors (Lipinski definition) is 3. The van der Waals surface area contributed by atoms with Gasteiger partial charge in [-0.2, -0.15) is 0 Å². The molecule has 5 heteroatoms. The lowest BCUT2D eigenvalue weighted by Crippen LogP contribution is -2.35. The van der Waals surface area contributed by atoms with Crippen LogP contribution in [0.25, 0.3) is 5.65 Å². The number of nitrogens with zero attached hydrogens (tertiary/aromatic N) is 4. The maximum Gasteiger partial charge on any atom is 0.272 e. The van der Waals surface area contributed by atoms with Gasteiger partial charge in [-0.25, -0.2) is 4.98 Å². The molecule has 3 heterocycles. The third-order valence-electron chi connectivity index (χ3n) is 3.96. The second-order valence-electron chi connectivity index (χ2n) is 5.15. The molecule has 0 aromatic carbocycles. The zero-order valence-electron chi connectivity index (χ0n) is 11.8. The second-order valence-corrected chi connectivity index (χ2v) is 5.15. The van der Waals surface area contributed by atoms with Crippen LogP contribution >= 0.6 is 0 Å². The number of carbonyl (C=O) groups is 1. The summed E-state index contributed by atoms with van der Waals surface area (Å²) in [5.41, 5.74) is 1.48. The molecule has 1 amide bonds. The van der Waals surface area contributed by atoms with Crippen molar-refractivity contribution in [2.24, 2.45) is 0 Å². The molecule has 0 aliphatic carbocycles. The van der Waals surface area contributed by atoms with Crippen LogP contribution in [0.15, 0.2) is 30.6 Å². The monoisotopic (exact) mass is 272 g/mol. The van der Waals surface area contributed by atoms with E-state index in [1.54, 1.807) is 6.20 Å². The summed E-state index contributed by atoms with van der Waals surface area (Å²) in [6, 6.07) is 5.77. The quantitative estimate of drug-likeness (QED) is 0.832. The van der Waals surface area contributed by atoms with Gasteiger partial charge in [-0.3, -0.25) is 9.20 Å². The molecule has 1 fully saturated rings. The zero-order chi connectivity index (χ0) is 13.9. The molecule has 1 aliphatic heterocycles. The predicted octanol–water partition coefficient (Wildman–Crippen LogP) is 1.50. The SMILES string of the molecule is CCN1CCCN(C(=O)c2cnc3ccccn23)CC1. The van der Waals surface area contributed by atoms with Gasteiger partial charge in [0, 0.05) is 25.8 Å². The van der Waals surface area contributed by atoms with Gasteiger partial charge in [0.1, 0.15) is 11.3 Å². The van der Waals surface area contributed by atoms with Crippen molar-refractivity contribution >= 4 is 11.6 Å². The summed E-state index contributed by atoms with van der Waals surface area (Å²) in [6.45, 7) is 6.88. The average Bonchev–Trinajstić information content (AvgIpc) is 2.76. The molecule has 1 aliphatic rings. The number of carbonyl (C=O) groups excluding carboxylic acids is 1. The Bertz CT molecular complexity index is 607. The van der Waals surface area contributed by atoms with Crippen LogP contribution in [0.2, 0.25) is 0 Å². The first kappa shape index (κ1) is 13.1. The van der Waals surface area contributed by atoms with E-state index in [0.29, 0.717) is 5.69 Å². The molecular formula is C15H20N4O. The first-order chi connectivity index (χ1) is 9.79. The maximum atomic E-state index is 12.7. The van der Waals surface area contributed by atoms with Gasteiger partial charge >= 0.3 is 0 Å². The van der Waals surface area contributed by atoms with Crippen LogP contribution in [-0.4, -0.2) is 57.8 Å². The highest BCUT2D eigenvalue weighted by Crippen LogP contribution is 2.11. The third kappa shape index (κ3) is 2.41. The van der Waals surface area contributed by atoms with Crippen LogP contribution in [0.5, 0.6) is 0 Å². The Hall–Kier alpha value is -1.88. The largest absolute Gasteiger partial charge is 0.336 e. The van der Waals surface area contributed by atoms with E-state index in [1.807, 2.05) is 33.7 Å². The summed E-state index contributed by atoms with van der Waals surface area (Å²) in [6.07, 6.45) is 4.61. The minimum absolute atomic E-state index is 0.0849. The smallest absolute Gasteiger partial charge is 0.272 e. The Morgan fingerprint density at radius 3 is 3.00 bits per heavy atom. The lowest BCUT2D eigenvalue weighted by atomic mass is 10.3. The molecule has 5 nitrogen and oxygen atoms in total. The van der Waals surface area contributed by atoms with Crippen molar-refractivity contribution in [2.75, 3.05) is 32.7 Å². The molecule has 2 aromatic heterocycles. The number of fused-ring (bicyclic) bond motifs is 1. The van der Waals surface area contributed by atoms with Crippen molar-refractivity contribution < 1.29 is 4.79 Å². The van der Waals surface area contributed by atoms with Crippen LogP contribution in [0.4, 0.5) is 0 Å². The first-order valence-electron chi connectivity index (χ1n) is 7.23. The molecule has 0 atom stereocenters. The van der Waals surface area contributed by atoms with Crippen molar-refractivity contribution in [1.29, 1.82) is 0 Å². The predicted molar refractivity (Wildman–Crippen MR) is 77.8 cm³/mol. The molecule has 20 heavy (non-hydrogen) atoms. The highest BCUT2D eigenvalue weighted by atomic mass is 16.2. The zero-order valence-corrected chi connectivity index (χ0v) is 11.8. The molecule has 0 spiro atoms. The van der Waals surface area contributed by atoms with Gasteiger partial charge in [-0.1, -0.05) is 13.0 Å². The molecular weight excluding hydrogens is 252 g/mol. The van der Waals surface area contributed by atoms with Gasteiger partial charge in [0.25, 0.3) is 5.91 Å². The van der Waals surface area contributed by atoms with E-state index >= 15 is 0 Å². The summed E-state index contributed by atoms with van der Waals surface area (Å²) in [4.78, 5) is 21.3. The van der Waals surface area contributed by atoms with E-state index in [-0.39, 0.29) is 5.91 Å². The van der Waals surface area contributed by atoms with Gasteiger partial charge in [0.05, 0.1) is 6.20 Å². The number of imidazole rings is 1. The van der Waals surface area contributed by atoms with Gasteiger partial charge < -0.3 is 9.80 Å². The van der Waals surface area contributed by atoms with Crippen LogP contribution in [0.3, 0.4) is 0 Å². The third-order valence-corrected chi connectivity index (χ3v) is 3.96. The fraction of sp³-hybridized carbons (Fsp3) is 0.467. The first-order valence-corrected chi connectivity index (χ1v) is 7.23. The summed E-state index contributed by atoms with van der Waals surface area (Å²) < 4.78 is 1.87. The fourth-order valence-electron chi connectivity index (χ4n) is 2.74. The normalized spacial score (nSPS) is 17.4. The van der Waals surface area contributed by atoms with E-state index in [9.17, 15) is 4.79 Å². The molecule has 0 radical (unpaired) electrons. The van der Waals surface area contributed by atoms with Crippen molar-refractivity contribution in [2.45, 2.75) is 13.3 Å². The number of amides is 1. The van der Waals surface area contributed by atoms with Crippen LogP contribution in [0.1, 0.15) is 23.8 Å². The number of aromatic nitrogens is 2. The topological polar surface area (TPSA) is 40.8 Å². The summed E-state index contributed by atoms with van der Waals surface area (Å²) >= 11 is 0. The molecule has 3 rings (SSSR count). The molecule has 106 valence electrons. The Labute approximate surface area is 118 Å².